The number of fused-ring (bicyclic) bond motifs is 1. The zero-order valence-corrected chi connectivity index (χ0v) is 17.2. The van der Waals surface area contributed by atoms with Gasteiger partial charge in [-0.2, -0.15) is 0 Å². The van der Waals surface area contributed by atoms with Gasteiger partial charge in [-0.25, -0.2) is 9.97 Å². The lowest BCUT2D eigenvalue weighted by Crippen LogP contribution is -2.38. The fourth-order valence-corrected chi connectivity index (χ4v) is 4.12. The normalized spacial score (nSPS) is 16.3. The van der Waals surface area contributed by atoms with Crippen LogP contribution in [0.3, 0.4) is 0 Å². The molecule has 0 bridgehead atoms. The van der Waals surface area contributed by atoms with Gasteiger partial charge in [0, 0.05) is 18.0 Å². The predicted octanol–water partition coefficient (Wildman–Crippen LogP) is 3.37. The number of piperidine rings is 1. The Morgan fingerprint density at radius 3 is 2.57 bits per heavy atom. The molecule has 3 heterocycles. The van der Waals surface area contributed by atoms with Crippen LogP contribution in [0.1, 0.15) is 55.3 Å². The molecule has 1 N–H and O–H groups in total. The summed E-state index contributed by atoms with van der Waals surface area (Å²) in [6.45, 7) is 11.3. The van der Waals surface area contributed by atoms with E-state index in [0.717, 1.165) is 42.7 Å². The first-order chi connectivity index (χ1) is 13.4. The van der Waals surface area contributed by atoms with Gasteiger partial charge >= 0.3 is 0 Å². The summed E-state index contributed by atoms with van der Waals surface area (Å²) in [7, 11) is 0. The van der Waals surface area contributed by atoms with Gasteiger partial charge in [0.25, 0.3) is 5.56 Å². The van der Waals surface area contributed by atoms with Crippen molar-refractivity contribution in [1.29, 1.82) is 0 Å². The molecule has 148 valence electrons. The second kappa shape index (κ2) is 7.51. The highest BCUT2D eigenvalue weighted by Crippen LogP contribution is 2.27. The predicted molar refractivity (Wildman–Crippen MR) is 112 cm³/mol. The second-order valence-electron chi connectivity index (χ2n) is 8.32. The summed E-state index contributed by atoms with van der Waals surface area (Å²) in [5.41, 5.74) is 5.38. The molecule has 1 saturated heterocycles. The average Bonchev–Trinajstić information content (AvgIpc) is 3.03. The highest BCUT2D eigenvalue weighted by atomic mass is 16.1. The first kappa shape index (κ1) is 18.9. The number of rotatable bonds is 4. The summed E-state index contributed by atoms with van der Waals surface area (Å²) in [5.74, 6) is 1.06. The van der Waals surface area contributed by atoms with Crippen molar-refractivity contribution in [2.24, 2.45) is 0 Å². The first-order valence-corrected chi connectivity index (χ1v) is 10.2. The first-order valence-electron chi connectivity index (χ1n) is 10.2. The quantitative estimate of drug-likeness (QED) is 0.755. The number of benzene rings is 1. The molecule has 1 aromatic carbocycles. The van der Waals surface area contributed by atoms with Crippen molar-refractivity contribution in [3.05, 3.63) is 57.5 Å². The van der Waals surface area contributed by atoms with Crippen molar-refractivity contribution in [1.82, 2.24) is 24.4 Å². The zero-order chi connectivity index (χ0) is 19.8. The van der Waals surface area contributed by atoms with Crippen LogP contribution in [0, 0.1) is 13.8 Å². The standard InChI is InChI=1S/C22H29N5O/c1-14(2)26-7-5-17(6-8-26)18-11-22(28)25-21(24-18)12-27-13-23-19-9-15(3)16(4)10-20(19)27/h9-11,13-14,17H,5-8,12H2,1-4H3,(H,24,25,28). The molecule has 1 aliphatic heterocycles. The summed E-state index contributed by atoms with van der Waals surface area (Å²) >= 11 is 0. The number of aromatic amines is 1. The lowest BCUT2D eigenvalue weighted by atomic mass is 9.92. The highest BCUT2D eigenvalue weighted by Gasteiger charge is 2.23. The minimum atomic E-state index is -0.0669. The van der Waals surface area contributed by atoms with E-state index in [0.29, 0.717) is 24.3 Å². The molecule has 0 radical (unpaired) electrons. The van der Waals surface area contributed by atoms with Gasteiger partial charge in [-0.3, -0.25) is 4.79 Å². The Morgan fingerprint density at radius 2 is 1.86 bits per heavy atom. The SMILES string of the molecule is Cc1cc2ncn(Cc3nc(C4CCN(C(C)C)CC4)cc(=O)[nH]3)c2cc1C. The summed E-state index contributed by atoms with van der Waals surface area (Å²) in [6, 6.07) is 6.52. The molecular formula is C22H29N5O. The fourth-order valence-electron chi connectivity index (χ4n) is 4.12. The summed E-state index contributed by atoms with van der Waals surface area (Å²) in [6.07, 6.45) is 3.94. The van der Waals surface area contributed by atoms with Crippen LogP contribution in [0.5, 0.6) is 0 Å². The minimum absolute atomic E-state index is 0.0669. The third kappa shape index (κ3) is 3.74. The van der Waals surface area contributed by atoms with E-state index in [9.17, 15) is 4.79 Å². The average molecular weight is 380 g/mol. The number of nitrogens with one attached hydrogen (secondary N) is 1. The molecule has 6 heteroatoms. The molecule has 0 saturated carbocycles. The molecule has 0 amide bonds. The number of nitrogens with zero attached hydrogens (tertiary/aromatic N) is 4. The van der Waals surface area contributed by atoms with Crippen LogP contribution in [-0.4, -0.2) is 43.6 Å². The van der Waals surface area contributed by atoms with Crippen LogP contribution in [-0.2, 0) is 6.54 Å². The van der Waals surface area contributed by atoms with E-state index >= 15 is 0 Å². The Bertz CT molecular complexity index is 1040. The Balaban J connectivity index is 1.58. The van der Waals surface area contributed by atoms with E-state index in [1.165, 1.54) is 11.1 Å². The van der Waals surface area contributed by atoms with E-state index in [4.69, 9.17) is 4.98 Å². The van der Waals surface area contributed by atoms with Crippen LogP contribution >= 0.6 is 0 Å². The van der Waals surface area contributed by atoms with Gasteiger partial charge < -0.3 is 14.5 Å². The molecule has 6 nitrogen and oxygen atoms in total. The molecule has 4 rings (SSSR count). The second-order valence-corrected chi connectivity index (χ2v) is 8.32. The smallest absolute Gasteiger partial charge is 0.251 e. The van der Waals surface area contributed by atoms with Crippen LogP contribution in [0.25, 0.3) is 11.0 Å². The maximum Gasteiger partial charge on any atom is 0.251 e. The van der Waals surface area contributed by atoms with Crippen LogP contribution in [0.15, 0.2) is 29.3 Å². The van der Waals surface area contributed by atoms with Gasteiger partial charge in [0.05, 0.1) is 29.6 Å². The van der Waals surface area contributed by atoms with Crippen LogP contribution < -0.4 is 5.56 Å². The zero-order valence-electron chi connectivity index (χ0n) is 17.2. The maximum absolute atomic E-state index is 12.3. The van der Waals surface area contributed by atoms with Gasteiger partial charge in [-0.1, -0.05) is 0 Å². The number of aryl methyl sites for hydroxylation is 2. The number of hydrogen-bond acceptors (Lipinski definition) is 4. The van der Waals surface area contributed by atoms with E-state index in [1.54, 1.807) is 6.07 Å². The van der Waals surface area contributed by atoms with E-state index < -0.39 is 0 Å². The Kier molecular flexibility index (Phi) is 5.06. The lowest BCUT2D eigenvalue weighted by Gasteiger charge is -2.34. The van der Waals surface area contributed by atoms with Crippen LogP contribution in [0.4, 0.5) is 0 Å². The fraction of sp³-hybridized carbons (Fsp3) is 0.500. The largest absolute Gasteiger partial charge is 0.323 e. The Morgan fingerprint density at radius 1 is 1.14 bits per heavy atom. The van der Waals surface area contributed by atoms with Crippen molar-refractivity contribution in [2.75, 3.05) is 13.1 Å². The molecular weight excluding hydrogens is 350 g/mol. The van der Waals surface area contributed by atoms with Crippen LogP contribution in [0.2, 0.25) is 0 Å². The number of aromatic nitrogens is 4. The summed E-state index contributed by atoms with van der Waals surface area (Å²) in [4.78, 5) is 27.0. The van der Waals surface area contributed by atoms with Gasteiger partial charge in [0.2, 0.25) is 0 Å². The third-order valence-electron chi connectivity index (χ3n) is 6.05. The Labute approximate surface area is 165 Å². The number of hydrogen-bond donors (Lipinski definition) is 1. The van der Waals surface area contributed by atoms with Gasteiger partial charge in [0.15, 0.2) is 0 Å². The molecule has 1 aliphatic rings. The molecule has 28 heavy (non-hydrogen) atoms. The third-order valence-corrected chi connectivity index (χ3v) is 6.05. The number of imidazole rings is 1. The highest BCUT2D eigenvalue weighted by molar-refractivity contribution is 5.77. The molecule has 0 spiro atoms. The minimum Gasteiger partial charge on any atom is -0.323 e. The summed E-state index contributed by atoms with van der Waals surface area (Å²) < 4.78 is 2.06. The molecule has 3 aromatic rings. The van der Waals surface area contributed by atoms with E-state index in [2.05, 4.69) is 59.3 Å². The maximum atomic E-state index is 12.3. The molecule has 0 aliphatic carbocycles. The van der Waals surface area contributed by atoms with Crippen molar-refractivity contribution in [3.63, 3.8) is 0 Å². The topological polar surface area (TPSA) is 66.8 Å². The van der Waals surface area contributed by atoms with Gasteiger partial charge in [-0.05, 0) is 76.9 Å². The van der Waals surface area contributed by atoms with Crippen molar-refractivity contribution < 1.29 is 0 Å². The van der Waals surface area contributed by atoms with Crippen molar-refractivity contribution in [3.8, 4) is 0 Å². The number of H-pyrrole nitrogens is 1. The molecule has 0 atom stereocenters. The number of likely N-dealkylation sites (tertiary alicyclic amines) is 1. The van der Waals surface area contributed by atoms with Gasteiger partial charge in [0.1, 0.15) is 5.82 Å². The molecule has 1 fully saturated rings. The molecule has 0 unspecified atom stereocenters. The summed E-state index contributed by atoms with van der Waals surface area (Å²) in [5, 5.41) is 0. The monoisotopic (exact) mass is 379 g/mol. The van der Waals surface area contributed by atoms with Crippen molar-refractivity contribution in [2.45, 2.75) is 59.0 Å². The van der Waals surface area contributed by atoms with E-state index in [1.807, 2.05) is 6.33 Å². The molecule has 2 aromatic heterocycles. The van der Waals surface area contributed by atoms with Gasteiger partial charge in [-0.15, -0.1) is 0 Å². The lowest BCUT2D eigenvalue weighted by molar-refractivity contribution is 0.170. The Hall–Kier alpha value is -2.47. The van der Waals surface area contributed by atoms with Crippen molar-refractivity contribution >= 4 is 11.0 Å². The van der Waals surface area contributed by atoms with E-state index in [-0.39, 0.29) is 5.56 Å².